The first-order valence-electron chi connectivity index (χ1n) is 7.46. The van der Waals surface area contributed by atoms with Gasteiger partial charge in [-0.3, -0.25) is 4.79 Å². The van der Waals surface area contributed by atoms with E-state index in [2.05, 4.69) is 31.3 Å². The van der Waals surface area contributed by atoms with Crippen molar-refractivity contribution >= 4 is 23.0 Å². The van der Waals surface area contributed by atoms with Gasteiger partial charge in [0.1, 0.15) is 5.75 Å². The molecule has 0 spiro atoms. The molecule has 5 heteroatoms. The third-order valence-corrected chi connectivity index (χ3v) is 4.29. The molecule has 0 atom stereocenters. The molecule has 122 valence electrons. The maximum atomic E-state index is 11.8. The molecule has 0 bridgehead atoms. The third kappa shape index (κ3) is 5.21. The van der Waals surface area contributed by atoms with Crippen LogP contribution in [0.4, 0.5) is 0 Å². The van der Waals surface area contributed by atoms with Crippen LogP contribution < -0.4 is 10.2 Å². The maximum absolute atomic E-state index is 11.8. The molecule has 23 heavy (non-hydrogen) atoms. The van der Waals surface area contributed by atoms with Crippen LogP contribution in [0.1, 0.15) is 38.1 Å². The van der Waals surface area contributed by atoms with Gasteiger partial charge in [-0.05, 0) is 41.5 Å². The van der Waals surface area contributed by atoms with E-state index in [1.807, 2.05) is 48.7 Å². The number of hydrazone groups is 1. The van der Waals surface area contributed by atoms with Crippen LogP contribution in [0.5, 0.6) is 5.75 Å². The molecule has 0 aliphatic rings. The molecule has 0 radical (unpaired) electrons. The summed E-state index contributed by atoms with van der Waals surface area (Å²) in [4.78, 5) is 12.8. The number of rotatable bonds is 5. The van der Waals surface area contributed by atoms with Crippen molar-refractivity contribution in [2.75, 3.05) is 6.61 Å². The first-order valence-corrected chi connectivity index (χ1v) is 8.34. The topological polar surface area (TPSA) is 50.7 Å². The SMILES string of the molecule is C/C(=N\NC(=O)COc1ccc(C(C)(C)C)cc1)c1cccs1. The van der Waals surface area contributed by atoms with E-state index in [0.29, 0.717) is 5.75 Å². The number of ether oxygens (including phenoxy) is 1. The Balaban J connectivity index is 1.84. The molecule has 1 amide bonds. The van der Waals surface area contributed by atoms with Crippen LogP contribution in [-0.4, -0.2) is 18.2 Å². The van der Waals surface area contributed by atoms with Gasteiger partial charge in [0.15, 0.2) is 6.61 Å². The van der Waals surface area contributed by atoms with Crippen LogP contribution in [-0.2, 0) is 10.2 Å². The summed E-state index contributed by atoms with van der Waals surface area (Å²) >= 11 is 1.58. The number of benzene rings is 1. The molecule has 0 unspecified atom stereocenters. The summed E-state index contributed by atoms with van der Waals surface area (Å²) in [6, 6.07) is 11.7. The van der Waals surface area contributed by atoms with E-state index in [-0.39, 0.29) is 17.9 Å². The van der Waals surface area contributed by atoms with Crippen LogP contribution in [0.2, 0.25) is 0 Å². The number of thiophene rings is 1. The van der Waals surface area contributed by atoms with Crippen molar-refractivity contribution in [2.24, 2.45) is 5.10 Å². The summed E-state index contributed by atoms with van der Waals surface area (Å²) in [5.41, 5.74) is 4.62. The van der Waals surface area contributed by atoms with Gasteiger partial charge in [-0.25, -0.2) is 5.43 Å². The van der Waals surface area contributed by atoms with E-state index in [1.54, 1.807) is 11.3 Å². The molecule has 4 nitrogen and oxygen atoms in total. The molecule has 2 aromatic rings. The van der Waals surface area contributed by atoms with Gasteiger partial charge in [-0.2, -0.15) is 5.10 Å². The highest BCUT2D eigenvalue weighted by Gasteiger charge is 2.13. The van der Waals surface area contributed by atoms with E-state index < -0.39 is 0 Å². The molecule has 1 aromatic heterocycles. The first kappa shape index (κ1) is 17.2. The lowest BCUT2D eigenvalue weighted by molar-refractivity contribution is -0.123. The van der Waals surface area contributed by atoms with Crippen LogP contribution >= 0.6 is 11.3 Å². The molecule has 0 fully saturated rings. The second-order valence-corrected chi connectivity index (χ2v) is 7.22. The summed E-state index contributed by atoms with van der Waals surface area (Å²) in [6.45, 7) is 8.27. The minimum absolute atomic E-state index is 0.0594. The molecule has 0 saturated carbocycles. The highest BCUT2D eigenvalue weighted by Crippen LogP contribution is 2.24. The highest BCUT2D eigenvalue weighted by atomic mass is 32.1. The van der Waals surface area contributed by atoms with Gasteiger partial charge in [0.25, 0.3) is 5.91 Å². The third-order valence-electron chi connectivity index (χ3n) is 3.32. The second-order valence-electron chi connectivity index (χ2n) is 6.27. The molecule has 0 saturated heterocycles. The predicted octanol–water partition coefficient (Wildman–Crippen LogP) is 3.96. The summed E-state index contributed by atoms with van der Waals surface area (Å²) in [5, 5.41) is 6.05. The zero-order valence-electron chi connectivity index (χ0n) is 13.9. The normalized spacial score (nSPS) is 12.1. The van der Waals surface area contributed by atoms with Gasteiger partial charge in [0.2, 0.25) is 0 Å². The standard InChI is InChI=1S/C18H22N2O2S/c1-13(16-6-5-11-23-16)19-20-17(21)12-22-15-9-7-14(8-10-15)18(2,3)4/h5-11H,12H2,1-4H3,(H,20,21)/b19-13+. The van der Waals surface area contributed by atoms with Crippen molar-refractivity contribution in [3.63, 3.8) is 0 Å². The average molecular weight is 330 g/mol. The summed E-state index contributed by atoms with van der Waals surface area (Å²) in [5.74, 6) is 0.396. The fourth-order valence-corrected chi connectivity index (χ4v) is 2.60. The molecule has 2 rings (SSSR count). The van der Waals surface area contributed by atoms with Gasteiger partial charge in [0, 0.05) is 4.88 Å². The van der Waals surface area contributed by atoms with Crippen molar-refractivity contribution in [1.29, 1.82) is 0 Å². The van der Waals surface area contributed by atoms with E-state index in [9.17, 15) is 4.79 Å². The van der Waals surface area contributed by atoms with Crippen LogP contribution in [0.25, 0.3) is 0 Å². The monoisotopic (exact) mass is 330 g/mol. The largest absolute Gasteiger partial charge is 0.484 e. The minimum Gasteiger partial charge on any atom is -0.484 e. The van der Waals surface area contributed by atoms with Crippen molar-refractivity contribution < 1.29 is 9.53 Å². The van der Waals surface area contributed by atoms with E-state index in [0.717, 1.165) is 10.6 Å². The number of hydrogen-bond donors (Lipinski definition) is 1. The Morgan fingerprint density at radius 3 is 2.48 bits per heavy atom. The fraction of sp³-hybridized carbons (Fsp3) is 0.333. The smallest absolute Gasteiger partial charge is 0.277 e. The van der Waals surface area contributed by atoms with Crippen LogP contribution in [0.15, 0.2) is 46.9 Å². The van der Waals surface area contributed by atoms with Crippen molar-refractivity contribution in [3.8, 4) is 5.75 Å². The van der Waals surface area contributed by atoms with Gasteiger partial charge in [-0.15, -0.1) is 11.3 Å². The molecular weight excluding hydrogens is 308 g/mol. The number of carbonyl (C=O) groups excluding carboxylic acids is 1. The van der Waals surface area contributed by atoms with Crippen molar-refractivity contribution in [2.45, 2.75) is 33.1 Å². The van der Waals surface area contributed by atoms with E-state index in [1.165, 1.54) is 5.56 Å². The average Bonchev–Trinajstić information content (AvgIpc) is 3.04. The molecule has 1 heterocycles. The van der Waals surface area contributed by atoms with Crippen molar-refractivity contribution in [3.05, 3.63) is 52.2 Å². The Labute approximate surface area is 141 Å². The Morgan fingerprint density at radius 1 is 1.22 bits per heavy atom. The van der Waals surface area contributed by atoms with E-state index in [4.69, 9.17) is 4.74 Å². The number of nitrogens with one attached hydrogen (secondary N) is 1. The maximum Gasteiger partial charge on any atom is 0.277 e. The molecule has 0 aliphatic carbocycles. The van der Waals surface area contributed by atoms with Gasteiger partial charge in [-0.1, -0.05) is 39.0 Å². The molecule has 0 aliphatic heterocycles. The molecular formula is C18H22N2O2S. The van der Waals surface area contributed by atoms with Gasteiger partial charge >= 0.3 is 0 Å². The minimum atomic E-state index is -0.277. The summed E-state index contributed by atoms with van der Waals surface area (Å²) in [6.07, 6.45) is 0. The Morgan fingerprint density at radius 2 is 1.91 bits per heavy atom. The lowest BCUT2D eigenvalue weighted by atomic mass is 9.87. The molecule has 1 N–H and O–H groups in total. The quantitative estimate of drug-likeness (QED) is 0.666. The number of amides is 1. The lowest BCUT2D eigenvalue weighted by Crippen LogP contribution is -2.25. The van der Waals surface area contributed by atoms with Gasteiger partial charge < -0.3 is 4.74 Å². The zero-order valence-corrected chi connectivity index (χ0v) is 14.7. The predicted molar refractivity (Wildman–Crippen MR) is 95.3 cm³/mol. The van der Waals surface area contributed by atoms with Crippen LogP contribution in [0.3, 0.4) is 0 Å². The Hall–Kier alpha value is -2.14. The van der Waals surface area contributed by atoms with Gasteiger partial charge in [0.05, 0.1) is 5.71 Å². The number of nitrogens with zero attached hydrogens (tertiary/aromatic N) is 1. The number of carbonyl (C=O) groups is 1. The zero-order chi connectivity index (χ0) is 16.9. The Kier molecular flexibility index (Phi) is 5.55. The van der Waals surface area contributed by atoms with Crippen molar-refractivity contribution in [1.82, 2.24) is 5.43 Å². The van der Waals surface area contributed by atoms with Crippen LogP contribution in [0, 0.1) is 0 Å². The lowest BCUT2D eigenvalue weighted by Gasteiger charge is -2.19. The van der Waals surface area contributed by atoms with E-state index >= 15 is 0 Å². The summed E-state index contributed by atoms with van der Waals surface area (Å²) < 4.78 is 5.48. The fourth-order valence-electron chi connectivity index (χ4n) is 1.92. The molecule has 1 aromatic carbocycles. The summed E-state index contributed by atoms with van der Waals surface area (Å²) in [7, 11) is 0. The second kappa shape index (κ2) is 7.42. The number of hydrogen-bond acceptors (Lipinski definition) is 4. The first-order chi connectivity index (χ1) is 10.9. The highest BCUT2D eigenvalue weighted by molar-refractivity contribution is 7.12. The Bertz CT molecular complexity index is 668.